The fraction of sp³-hybridized carbons (Fsp3) is 0.667. The van der Waals surface area contributed by atoms with Gasteiger partial charge in [0, 0.05) is 51.4 Å². The number of benzene rings is 1. The number of para-hydroxylation sites is 1. The second kappa shape index (κ2) is 8.11. The van der Waals surface area contributed by atoms with Gasteiger partial charge in [0.05, 0.1) is 26.4 Å². The molecule has 2 saturated heterocycles. The Labute approximate surface area is 139 Å². The zero-order valence-corrected chi connectivity index (χ0v) is 14.2. The third-order valence-corrected chi connectivity index (χ3v) is 4.95. The van der Waals surface area contributed by atoms with Crippen LogP contribution in [0.25, 0.3) is 0 Å². The van der Waals surface area contributed by atoms with Crippen LogP contribution in [0.3, 0.4) is 0 Å². The van der Waals surface area contributed by atoms with E-state index in [0.717, 1.165) is 58.1 Å². The van der Waals surface area contributed by atoms with Gasteiger partial charge in [-0.15, -0.1) is 0 Å². The van der Waals surface area contributed by atoms with Crippen LogP contribution in [0.15, 0.2) is 24.3 Å². The zero-order valence-electron chi connectivity index (χ0n) is 14.2. The molecule has 0 amide bonds. The Morgan fingerprint density at radius 2 is 2.09 bits per heavy atom. The lowest BCUT2D eigenvalue weighted by Gasteiger charge is -2.47. The monoisotopic (exact) mass is 320 g/mol. The number of likely N-dealkylation sites (tertiary alicyclic amines) is 1. The van der Waals surface area contributed by atoms with Crippen molar-refractivity contribution in [3.8, 4) is 5.75 Å². The molecule has 3 rings (SSSR count). The molecular weight excluding hydrogens is 292 g/mol. The molecule has 0 bridgehead atoms. The average Bonchev–Trinajstić information content (AvgIpc) is 2.60. The van der Waals surface area contributed by atoms with Crippen LogP contribution in [0.1, 0.15) is 12.0 Å². The minimum absolute atomic E-state index is 0.370. The first-order valence-electron chi connectivity index (χ1n) is 8.50. The van der Waals surface area contributed by atoms with E-state index in [0.29, 0.717) is 12.1 Å². The van der Waals surface area contributed by atoms with E-state index in [1.807, 2.05) is 12.1 Å². The van der Waals surface area contributed by atoms with Gasteiger partial charge in [-0.05, 0) is 12.5 Å². The van der Waals surface area contributed by atoms with Gasteiger partial charge in [-0.1, -0.05) is 18.2 Å². The van der Waals surface area contributed by atoms with Crippen LogP contribution in [0.4, 0.5) is 0 Å². The first-order chi connectivity index (χ1) is 11.3. The molecule has 128 valence electrons. The second-order valence-electron chi connectivity index (χ2n) is 6.34. The maximum Gasteiger partial charge on any atom is 0.123 e. The van der Waals surface area contributed by atoms with Crippen molar-refractivity contribution in [2.75, 3.05) is 53.6 Å². The van der Waals surface area contributed by atoms with Crippen LogP contribution in [0.5, 0.6) is 5.75 Å². The molecule has 0 unspecified atom stereocenters. The number of rotatable bonds is 6. The fourth-order valence-corrected chi connectivity index (χ4v) is 3.71. The van der Waals surface area contributed by atoms with Gasteiger partial charge in [0.15, 0.2) is 0 Å². The molecule has 2 heterocycles. The molecule has 5 heteroatoms. The summed E-state index contributed by atoms with van der Waals surface area (Å²) in [6, 6.07) is 8.78. The van der Waals surface area contributed by atoms with Gasteiger partial charge in [-0.25, -0.2) is 0 Å². The van der Waals surface area contributed by atoms with E-state index >= 15 is 0 Å². The van der Waals surface area contributed by atoms with Crippen molar-refractivity contribution < 1.29 is 14.2 Å². The summed E-state index contributed by atoms with van der Waals surface area (Å²) < 4.78 is 16.8. The predicted octanol–water partition coefficient (Wildman–Crippen LogP) is 1.62. The average molecular weight is 320 g/mol. The number of ether oxygens (including phenoxy) is 3. The summed E-state index contributed by atoms with van der Waals surface area (Å²) in [6.45, 7) is 6.69. The summed E-state index contributed by atoms with van der Waals surface area (Å²) in [6.07, 6.45) is 1.47. The maximum absolute atomic E-state index is 6.00. The SMILES string of the molecule is COCCN1CCO[C@H]2CCN(Cc3ccccc3OC)C[C@@H]21. The van der Waals surface area contributed by atoms with E-state index in [4.69, 9.17) is 14.2 Å². The Kier molecular flexibility index (Phi) is 5.89. The number of hydrogen-bond donors (Lipinski definition) is 0. The topological polar surface area (TPSA) is 34.2 Å². The van der Waals surface area contributed by atoms with Gasteiger partial charge in [0.2, 0.25) is 0 Å². The van der Waals surface area contributed by atoms with Gasteiger partial charge in [-0.2, -0.15) is 0 Å². The first kappa shape index (κ1) is 16.7. The van der Waals surface area contributed by atoms with E-state index in [-0.39, 0.29) is 0 Å². The third kappa shape index (κ3) is 4.04. The van der Waals surface area contributed by atoms with Gasteiger partial charge in [0.25, 0.3) is 0 Å². The zero-order chi connectivity index (χ0) is 16.1. The Morgan fingerprint density at radius 3 is 2.91 bits per heavy atom. The molecule has 2 aliphatic rings. The predicted molar refractivity (Wildman–Crippen MR) is 89.9 cm³/mol. The molecule has 0 N–H and O–H groups in total. The normalized spacial score (nSPS) is 26.0. The van der Waals surface area contributed by atoms with Crippen molar-refractivity contribution in [2.45, 2.75) is 25.1 Å². The summed E-state index contributed by atoms with van der Waals surface area (Å²) in [5.74, 6) is 0.978. The number of hydrogen-bond acceptors (Lipinski definition) is 5. The van der Waals surface area contributed by atoms with Crippen LogP contribution in [0.2, 0.25) is 0 Å². The molecule has 0 saturated carbocycles. The summed E-state index contributed by atoms with van der Waals surface area (Å²) >= 11 is 0. The molecule has 0 aliphatic carbocycles. The van der Waals surface area contributed by atoms with Crippen LogP contribution in [-0.4, -0.2) is 75.6 Å². The van der Waals surface area contributed by atoms with Crippen LogP contribution in [0, 0.1) is 0 Å². The van der Waals surface area contributed by atoms with Crippen LogP contribution in [-0.2, 0) is 16.0 Å². The number of fused-ring (bicyclic) bond motifs is 1. The van der Waals surface area contributed by atoms with Gasteiger partial charge >= 0.3 is 0 Å². The quantitative estimate of drug-likeness (QED) is 0.796. The summed E-state index contributed by atoms with van der Waals surface area (Å²) in [4.78, 5) is 5.06. The van der Waals surface area contributed by atoms with Crippen molar-refractivity contribution >= 4 is 0 Å². The molecule has 1 aromatic rings. The summed E-state index contributed by atoms with van der Waals surface area (Å²) in [7, 11) is 3.51. The van der Waals surface area contributed by atoms with E-state index in [1.165, 1.54) is 5.56 Å². The molecule has 0 aromatic heterocycles. The lowest BCUT2D eigenvalue weighted by molar-refractivity contribution is -0.107. The largest absolute Gasteiger partial charge is 0.496 e. The molecular formula is C18H28N2O3. The Balaban J connectivity index is 1.64. The molecule has 0 spiro atoms. The van der Waals surface area contributed by atoms with Crippen molar-refractivity contribution in [1.82, 2.24) is 9.80 Å². The Bertz CT molecular complexity index is 497. The lowest BCUT2D eigenvalue weighted by atomic mass is 9.98. The molecule has 23 heavy (non-hydrogen) atoms. The number of methoxy groups -OCH3 is 2. The number of morpholine rings is 1. The standard InChI is InChI=1S/C18H28N2O3/c1-21-11-9-20-10-12-23-18-7-8-19(14-16(18)20)13-15-5-3-4-6-17(15)22-2/h3-6,16,18H,7-14H2,1-2H3/t16-,18-/m0/s1. The summed E-state index contributed by atoms with van der Waals surface area (Å²) in [5, 5.41) is 0. The smallest absolute Gasteiger partial charge is 0.123 e. The van der Waals surface area contributed by atoms with Gasteiger partial charge in [-0.3, -0.25) is 9.80 Å². The number of piperidine rings is 1. The number of nitrogens with zero attached hydrogens (tertiary/aromatic N) is 2. The van der Waals surface area contributed by atoms with E-state index < -0.39 is 0 Å². The molecule has 2 fully saturated rings. The lowest BCUT2D eigenvalue weighted by Crippen LogP contribution is -2.60. The van der Waals surface area contributed by atoms with E-state index in [2.05, 4.69) is 21.9 Å². The minimum atomic E-state index is 0.370. The van der Waals surface area contributed by atoms with Crippen molar-refractivity contribution in [1.29, 1.82) is 0 Å². The highest BCUT2D eigenvalue weighted by atomic mass is 16.5. The molecule has 5 nitrogen and oxygen atoms in total. The Hall–Kier alpha value is -1.14. The summed E-state index contributed by atoms with van der Waals surface area (Å²) in [5.41, 5.74) is 1.26. The maximum atomic E-state index is 6.00. The first-order valence-corrected chi connectivity index (χ1v) is 8.50. The third-order valence-electron chi connectivity index (χ3n) is 4.95. The molecule has 1 aromatic carbocycles. The van der Waals surface area contributed by atoms with Gasteiger partial charge in [0.1, 0.15) is 5.75 Å². The van der Waals surface area contributed by atoms with Crippen molar-refractivity contribution in [3.05, 3.63) is 29.8 Å². The van der Waals surface area contributed by atoms with Crippen LogP contribution < -0.4 is 4.74 Å². The van der Waals surface area contributed by atoms with E-state index in [1.54, 1.807) is 14.2 Å². The molecule has 2 aliphatic heterocycles. The highest BCUT2D eigenvalue weighted by molar-refractivity contribution is 5.33. The van der Waals surface area contributed by atoms with Gasteiger partial charge < -0.3 is 14.2 Å². The molecule has 2 atom stereocenters. The fourth-order valence-electron chi connectivity index (χ4n) is 3.71. The van der Waals surface area contributed by atoms with E-state index in [9.17, 15) is 0 Å². The highest BCUT2D eigenvalue weighted by Gasteiger charge is 2.36. The highest BCUT2D eigenvalue weighted by Crippen LogP contribution is 2.26. The second-order valence-corrected chi connectivity index (χ2v) is 6.34. The Morgan fingerprint density at radius 1 is 1.22 bits per heavy atom. The minimum Gasteiger partial charge on any atom is -0.496 e. The van der Waals surface area contributed by atoms with Crippen molar-refractivity contribution in [2.24, 2.45) is 0 Å². The van der Waals surface area contributed by atoms with Crippen molar-refractivity contribution in [3.63, 3.8) is 0 Å². The molecule has 0 radical (unpaired) electrons. The van der Waals surface area contributed by atoms with Crippen LogP contribution >= 0.6 is 0 Å².